The van der Waals surface area contributed by atoms with Gasteiger partial charge in [-0.05, 0) is 45.0 Å². The van der Waals surface area contributed by atoms with Gasteiger partial charge in [0.1, 0.15) is 18.0 Å². The average Bonchev–Trinajstić information content (AvgIpc) is 2.37. The Kier molecular flexibility index (Phi) is 6.81. The molecule has 0 saturated heterocycles. The monoisotopic (exact) mass is 296 g/mol. The van der Waals surface area contributed by atoms with Crippen LogP contribution in [0.3, 0.4) is 0 Å². The summed E-state index contributed by atoms with van der Waals surface area (Å²) < 4.78 is 15.9. The van der Waals surface area contributed by atoms with E-state index in [0.717, 1.165) is 5.75 Å². The van der Waals surface area contributed by atoms with Crippen LogP contribution in [0.25, 0.3) is 0 Å². The molecular formula is C15H24N2O4. The second-order valence-corrected chi connectivity index (χ2v) is 5.46. The molecule has 0 spiro atoms. The first-order valence-electron chi connectivity index (χ1n) is 6.90. The molecule has 21 heavy (non-hydrogen) atoms. The number of anilines is 1. The topological polar surface area (TPSA) is 82.8 Å². The molecule has 0 aliphatic heterocycles. The molecule has 0 bridgehead atoms. The van der Waals surface area contributed by atoms with E-state index in [-0.39, 0.29) is 0 Å². The molecule has 0 aliphatic carbocycles. The van der Waals surface area contributed by atoms with Gasteiger partial charge in [0.25, 0.3) is 0 Å². The van der Waals surface area contributed by atoms with E-state index in [4.69, 9.17) is 19.9 Å². The van der Waals surface area contributed by atoms with Gasteiger partial charge in [-0.2, -0.15) is 0 Å². The van der Waals surface area contributed by atoms with Crippen LogP contribution in [0, 0.1) is 0 Å². The molecular weight excluding hydrogens is 272 g/mol. The van der Waals surface area contributed by atoms with Gasteiger partial charge in [0, 0.05) is 12.2 Å². The van der Waals surface area contributed by atoms with Crippen molar-refractivity contribution in [1.82, 2.24) is 5.32 Å². The number of benzene rings is 1. The van der Waals surface area contributed by atoms with Crippen molar-refractivity contribution < 1.29 is 19.0 Å². The Morgan fingerprint density at radius 2 is 1.81 bits per heavy atom. The zero-order valence-electron chi connectivity index (χ0n) is 12.8. The number of nitrogens with one attached hydrogen (secondary N) is 1. The number of hydrogen-bond acceptors (Lipinski definition) is 5. The number of rotatable bonds is 7. The van der Waals surface area contributed by atoms with Crippen molar-refractivity contribution in [2.75, 3.05) is 32.1 Å². The third-order valence-corrected chi connectivity index (χ3v) is 2.29. The number of carbonyl (C=O) groups is 1. The molecule has 3 N–H and O–H groups in total. The summed E-state index contributed by atoms with van der Waals surface area (Å²) in [7, 11) is 0. The lowest BCUT2D eigenvalue weighted by Crippen LogP contribution is -2.34. The number of nitrogen functional groups attached to an aromatic ring is 1. The highest BCUT2D eigenvalue weighted by molar-refractivity contribution is 5.67. The minimum atomic E-state index is -0.488. The van der Waals surface area contributed by atoms with E-state index >= 15 is 0 Å². The third kappa shape index (κ3) is 8.75. The lowest BCUT2D eigenvalue weighted by atomic mass is 10.2. The van der Waals surface area contributed by atoms with E-state index in [1.54, 1.807) is 24.3 Å². The van der Waals surface area contributed by atoms with Gasteiger partial charge < -0.3 is 25.3 Å². The van der Waals surface area contributed by atoms with E-state index in [2.05, 4.69) is 5.32 Å². The van der Waals surface area contributed by atoms with Crippen molar-refractivity contribution in [2.45, 2.75) is 26.4 Å². The van der Waals surface area contributed by atoms with Gasteiger partial charge in [-0.3, -0.25) is 0 Å². The zero-order chi connectivity index (χ0) is 15.7. The Morgan fingerprint density at radius 1 is 1.14 bits per heavy atom. The van der Waals surface area contributed by atoms with Gasteiger partial charge in [0.15, 0.2) is 0 Å². The minimum Gasteiger partial charge on any atom is -0.491 e. The highest BCUT2D eigenvalue weighted by Crippen LogP contribution is 2.12. The van der Waals surface area contributed by atoms with E-state index in [9.17, 15) is 4.79 Å². The number of alkyl carbamates (subject to hydrolysis) is 1. The van der Waals surface area contributed by atoms with Crippen molar-refractivity contribution in [3.63, 3.8) is 0 Å². The number of hydrogen-bond donors (Lipinski definition) is 2. The van der Waals surface area contributed by atoms with Crippen LogP contribution in [-0.4, -0.2) is 38.1 Å². The molecule has 118 valence electrons. The number of ether oxygens (including phenoxy) is 3. The van der Waals surface area contributed by atoms with E-state index < -0.39 is 11.7 Å². The van der Waals surface area contributed by atoms with Crippen LogP contribution in [0.5, 0.6) is 5.75 Å². The fourth-order valence-corrected chi connectivity index (χ4v) is 1.42. The van der Waals surface area contributed by atoms with Crippen LogP contribution in [-0.2, 0) is 9.47 Å². The van der Waals surface area contributed by atoms with Crippen LogP contribution in [0.4, 0.5) is 10.5 Å². The maximum absolute atomic E-state index is 11.3. The molecule has 6 nitrogen and oxygen atoms in total. The molecule has 0 heterocycles. The quantitative estimate of drug-likeness (QED) is 0.595. The number of carbonyl (C=O) groups excluding carboxylic acids is 1. The Bertz CT molecular complexity index is 426. The van der Waals surface area contributed by atoms with Gasteiger partial charge >= 0.3 is 6.09 Å². The van der Waals surface area contributed by atoms with Gasteiger partial charge in [-0.25, -0.2) is 4.79 Å². The van der Waals surface area contributed by atoms with Crippen LogP contribution < -0.4 is 15.8 Å². The third-order valence-electron chi connectivity index (χ3n) is 2.29. The summed E-state index contributed by atoms with van der Waals surface area (Å²) >= 11 is 0. The number of amides is 1. The highest BCUT2D eigenvalue weighted by atomic mass is 16.6. The molecule has 0 aliphatic rings. The SMILES string of the molecule is CC(C)(C)OC(=O)NCCOCCOc1ccc(N)cc1. The van der Waals surface area contributed by atoms with Crippen molar-refractivity contribution in [3.05, 3.63) is 24.3 Å². The van der Waals surface area contributed by atoms with E-state index in [1.807, 2.05) is 20.8 Å². The molecule has 1 aromatic carbocycles. The van der Waals surface area contributed by atoms with Crippen molar-refractivity contribution in [1.29, 1.82) is 0 Å². The lowest BCUT2D eigenvalue weighted by Gasteiger charge is -2.19. The molecule has 1 aromatic rings. The standard InChI is InChI=1S/C15H24N2O4/c1-15(2,3)21-14(18)17-8-9-19-10-11-20-13-6-4-12(16)5-7-13/h4-7H,8-11,16H2,1-3H3,(H,17,18). The summed E-state index contributed by atoms with van der Waals surface area (Å²) in [5.74, 6) is 0.750. The maximum atomic E-state index is 11.3. The van der Waals surface area contributed by atoms with Crippen molar-refractivity contribution in [2.24, 2.45) is 0 Å². The van der Waals surface area contributed by atoms with E-state index in [0.29, 0.717) is 32.1 Å². The predicted molar refractivity (Wildman–Crippen MR) is 81.4 cm³/mol. The summed E-state index contributed by atoms with van der Waals surface area (Å²) in [6.07, 6.45) is -0.441. The average molecular weight is 296 g/mol. The van der Waals surface area contributed by atoms with Crippen LogP contribution in [0.2, 0.25) is 0 Å². The molecule has 0 atom stereocenters. The van der Waals surface area contributed by atoms with Crippen molar-refractivity contribution in [3.8, 4) is 5.75 Å². The first-order valence-corrected chi connectivity index (χ1v) is 6.90. The van der Waals surface area contributed by atoms with Gasteiger partial charge in [0.2, 0.25) is 0 Å². The van der Waals surface area contributed by atoms with E-state index in [1.165, 1.54) is 0 Å². The summed E-state index contributed by atoms with van der Waals surface area (Å²) in [4.78, 5) is 11.3. The van der Waals surface area contributed by atoms with Gasteiger partial charge in [0.05, 0.1) is 13.2 Å². The molecule has 1 rings (SSSR count). The van der Waals surface area contributed by atoms with Crippen molar-refractivity contribution >= 4 is 11.8 Å². The summed E-state index contributed by atoms with van der Waals surface area (Å²) in [6, 6.07) is 7.17. The largest absolute Gasteiger partial charge is 0.491 e. The van der Waals surface area contributed by atoms with Crippen LogP contribution in [0.15, 0.2) is 24.3 Å². The Morgan fingerprint density at radius 3 is 2.43 bits per heavy atom. The normalized spacial score (nSPS) is 11.0. The Balaban J connectivity index is 2.00. The van der Waals surface area contributed by atoms with Crippen LogP contribution in [0.1, 0.15) is 20.8 Å². The summed E-state index contributed by atoms with van der Waals surface area (Å²) in [5.41, 5.74) is 5.79. The second kappa shape index (κ2) is 8.36. The predicted octanol–water partition coefficient (Wildman–Crippen LogP) is 2.19. The molecule has 1 amide bonds. The first-order chi connectivity index (χ1) is 9.87. The summed E-state index contributed by atoms with van der Waals surface area (Å²) in [6.45, 7) is 7.14. The number of nitrogens with two attached hydrogens (primary N) is 1. The lowest BCUT2D eigenvalue weighted by molar-refractivity contribution is 0.0489. The molecule has 0 radical (unpaired) electrons. The second-order valence-electron chi connectivity index (χ2n) is 5.46. The highest BCUT2D eigenvalue weighted by Gasteiger charge is 2.15. The van der Waals surface area contributed by atoms with Gasteiger partial charge in [-0.1, -0.05) is 0 Å². The Hall–Kier alpha value is -1.95. The molecule has 0 saturated carbocycles. The fraction of sp³-hybridized carbons (Fsp3) is 0.533. The molecule has 6 heteroatoms. The van der Waals surface area contributed by atoms with Crippen LogP contribution >= 0.6 is 0 Å². The molecule has 0 unspecified atom stereocenters. The Labute approximate surface area is 125 Å². The smallest absolute Gasteiger partial charge is 0.407 e. The minimum absolute atomic E-state index is 0.400. The fourth-order valence-electron chi connectivity index (χ4n) is 1.42. The first kappa shape index (κ1) is 17.1. The molecule has 0 fully saturated rings. The zero-order valence-corrected chi connectivity index (χ0v) is 12.8. The molecule has 0 aromatic heterocycles. The summed E-state index contributed by atoms with van der Waals surface area (Å²) in [5, 5.41) is 2.61. The maximum Gasteiger partial charge on any atom is 0.407 e. The van der Waals surface area contributed by atoms with Gasteiger partial charge in [-0.15, -0.1) is 0 Å².